The minimum Gasteiger partial charge on any atom is -0.347 e. The second-order valence-corrected chi connectivity index (χ2v) is 9.44. The van der Waals surface area contributed by atoms with Crippen LogP contribution in [-0.2, 0) is 0 Å². The van der Waals surface area contributed by atoms with Crippen molar-refractivity contribution in [2.24, 2.45) is 0 Å². The quantitative estimate of drug-likeness (QED) is 0.594. The van der Waals surface area contributed by atoms with Gasteiger partial charge >= 0.3 is 6.18 Å². The van der Waals surface area contributed by atoms with Crippen molar-refractivity contribution in [3.8, 4) is 11.3 Å². The third-order valence-electron chi connectivity index (χ3n) is 6.69. The van der Waals surface area contributed by atoms with E-state index in [1.807, 2.05) is 32.0 Å². The first-order valence-corrected chi connectivity index (χ1v) is 11.4. The Bertz CT molecular complexity index is 1320. The zero-order valence-electron chi connectivity index (χ0n) is 19.0. The zero-order valence-corrected chi connectivity index (χ0v) is 19.0. The number of aromatic nitrogens is 3. The van der Waals surface area contributed by atoms with E-state index >= 15 is 0 Å². The molecule has 2 N–H and O–H groups in total. The molecule has 1 saturated carbocycles. The summed E-state index contributed by atoms with van der Waals surface area (Å²) >= 11 is 0. The van der Waals surface area contributed by atoms with Gasteiger partial charge in [-0.15, -0.1) is 0 Å². The van der Waals surface area contributed by atoms with Gasteiger partial charge in [0.25, 0.3) is 11.5 Å². The van der Waals surface area contributed by atoms with Crippen LogP contribution in [0.2, 0.25) is 0 Å². The number of H-pyrrole nitrogens is 1. The van der Waals surface area contributed by atoms with Crippen molar-refractivity contribution in [2.75, 3.05) is 19.6 Å². The van der Waals surface area contributed by atoms with Crippen LogP contribution in [-0.4, -0.2) is 57.3 Å². The molecule has 2 fully saturated rings. The molecule has 34 heavy (non-hydrogen) atoms. The number of likely N-dealkylation sites (tertiary alicyclic amines) is 1. The van der Waals surface area contributed by atoms with Crippen LogP contribution in [0.5, 0.6) is 0 Å². The first kappa shape index (κ1) is 22.6. The van der Waals surface area contributed by atoms with E-state index < -0.39 is 24.7 Å². The number of rotatable bonds is 5. The Labute approximate surface area is 194 Å². The maximum Gasteiger partial charge on any atom is 0.401 e. The van der Waals surface area contributed by atoms with Crippen LogP contribution >= 0.6 is 0 Å². The van der Waals surface area contributed by atoms with Gasteiger partial charge in [0.2, 0.25) is 0 Å². The molecular formula is C24H26F3N5O2. The maximum atomic E-state index is 13.1. The molecule has 2 aliphatic rings. The molecule has 1 aliphatic carbocycles. The zero-order chi connectivity index (χ0) is 24.2. The van der Waals surface area contributed by atoms with Crippen LogP contribution in [0.25, 0.3) is 16.8 Å². The predicted octanol–water partition coefficient (Wildman–Crippen LogP) is 3.55. The molecule has 1 aliphatic heterocycles. The fourth-order valence-electron chi connectivity index (χ4n) is 4.69. The van der Waals surface area contributed by atoms with Crippen molar-refractivity contribution < 1.29 is 18.0 Å². The fraction of sp³-hybridized carbons (Fsp3) is 0.458. The van der Waals surface area contributed by atoms with Crippen molar-refractivity contribution in [3.63, 3.8) is 0 Å². The van der Waals surface area contributed by atoms with E-state index in [-0.39, 0.29) is 30.3 Å². The second-order valence-electron chi connectivity index (χ2n) is 9.44. The third-order valence-corrected chi connectivity index (χ3v) is 6.69. The van der Waals surface area contributed by atoms with Crippen LogP contribution in [0.3, 0.4) is 0 Å². The van der Waals surface area contributed by atoms with Crippen LogP contribution in [0.4, 0.5) is 13.2 Å². The number of alkyl halides is 3. The maximum absolute atomic E-state index is 13.1. The summed E-state index contributed by atoms with van der Waals surface area (Å²) in [5.74, 6) is -0.367. The number of aryl methyl sites for hydroxylation is 2. The van der Waals surface area contributed by atoms with E-state index in [4.69, 9.17) is 0 Å². The lowest BCUT2D eigenvalue weighted by Gasteiger charge is -2.18. The number of nitrogens with zero attached hydrogens (tertiary/aromatic N) is 3. The number of aromatic amines is 1. The number of benzene rings is 1. The Kier molecular flexibility index (Phi) is 5.50. The summed E-state index contributed by atoms with van der Waals surface area (Å²) in [6.07, 6.45) is -0.393. The highest BCUT2D eigenvalue weighted by Gasteiger charge is 2.37. The summed E-state index contributed by atoms with van der Waals surface area (Å²) in [5.41, 5.74) is 4.50. The standard InChI is InChI=1S/C24H26F3N5O2/c1-13-3-4-16(9-14(13)2)18-11-32-21(23(34)29-18)19(15-5-6-15)20(30-32)22(33)28-17-7-8-31(10-17)12-24(25,26)27/h3-4,9,11,15,17H,5-8,10,12H2,1-2H3,(H,28,33)(H,29,34). The summed E-state index contributed by atoms with van der Waals surface area (Å²) in [7, 11) is 0. The summed E-state index contributed by atoms with van der Waals surface area (Å²) in [5, 5.41) is 7.31. The predicted molar refractivity (Wildman–Crippen MR) is 121 cm³/mol. The van der Waals surface area contributed by atoms with Gasteiger partial charge in [-0.25, -0.2) is 4.52 Å². The molecule has 5 rings (SSSR count). The Balaban J connectivity index is 1.45. The van der Waals surface area contributed by atoms with Gasteiger partial charge in [-0.05, 0) is 61.8 Å². The second kappa shape index (κ2) is 8.26. The minimum atomic E-state index is -4.27. The Morgan fingerprint density at radius 3 is 2.65 bits per heavy atom. The van der Waals surface area contributed by atoms with Gasteiger partial charge < -0.3 is 10.3 Å². The fourth-order valence-corrected chi connectivity index (χ4v) is 4.69. The highest BCUT2D eigenvalue weighted by atomic mass is 19.4. The number of amides is 1. The largest absolute Gasteiger partial charge is 0.401 e. The molecule has 180 valence electrons. The molecule has 0 bridgehead atoms. The smallest absolute Gasteiger partial charge is 0.347 e. The normalized spacial score (nSPS) is 19.1. The molecule has 1 unspecified atom stereocenters. The molecule has 2 aromatic heterocycles. The SMILES string of the molecule is Cc1ccc(-c2cn3nc(C(=O)NC4CCN(CC(F)(F)F)C4)c(C4CC4)c3c(=O)[nH]2)cc1C. The lowest BCUT2D eigenvalue weighted by molar-refractivity contribution is -0.143. The number of fused-ring (bicyclic) bond motifs is 1. The Morgan fingerprint density at radius 2 is 1.97 bits per heavy atom. The van der Waals surface area contributed by atoms with Gasteiger partial charge in [-0.3, -0.25) is 14.5 Å². The number of hydrogen-bond acceptors (Lipinski definition) is 4. The molecule has 1 aromatic carbocycles. The number of halogens is 3. The molecule has 1 saturated heterocycles. The van der Waals surface area contributed by atoms with Gasteiger partial charge in [0, 0.05) is 24.7 Å². The Hall–Kier alpha value is -3.14. The summed E-state index contributed by atoms with van der Waals surface area (Å²) < 4.78 is 39.5. The van der Waals surface area contributed by atoms with E-state index in [0.29, 0.717) is 23.2 Å². The first-order chi connectivity index (χ1) is 16.1. The molecule has 7 nitrogen and oxygen atoms in total. The number of carbonyl (C=O) groups is 1. The molecule has 10 heteroatoms. The minimum absolute atomic E-state index is 0.0807. The van der Waals surface area contributed by atoms with Crippen LogP contribution in [0.15, 0.2) is 29.2 Å². The molecule has 0 radical (unpaired) electrons. The molecule has 0 spiro atoms. The number of carbonyl (C=O) groups excluding carboxylic acids is 1. The van der Waals surface area contributed by atoms with Crippen LogP contribution in [0.1, 0.15) is 52.4 Å². The number of hydrogen-bond donors (Lipinski definition) is 2. The summed E-state index contributed by atoms with van der Waals surface area (Å²) in [6, 6.07) is 5.49. The first-order valence-electron chi connectivity index (χ1n) is 11.4. The van der Waals surface area contributed by atoms with Crippen molar-refractivity contribution >= 4 is 11.4 Å². The highest BCUT2D eigenvalue weighted by Crippen LogP contribution is 2.43. The van der Waals surface area contributed by atoms with E-state index in [1.165, 1.54) is 9.42 Å². The van der Waals surface area contributed by atoms with Gasteiger partial charge in [0.15, 0.2) is 5.69 Å². The van der Waals surface area contributed by atoms with E-state index in [0.717, 1.165) is 29.5 Å². The lowest BCUT2D eigenvalue weighted by atomic mass is 10.0. The molecule has 3 aromatic rings. The molecule has 1 atom stereocenters. The highest BCUT2D eigenvalue weighted by molar-refractivity contribution is 5.96. The van der Waals surface area contributed by atoms with E-state index in [9.17, 15) is 22.8 Å². The monoisotopic (exact) mass is 473 g/mol. The average Bonchev–Trinajstić information content (AvgIpc) is 3.38. The van der Waals surface area contributed by atoms with E-state index in [2.05, 4.69) is 15.4 Å². The van der Waals surface area contributed by atoms with Crippen molar-refractivity contribution in [1.29, 1.82) is 0 Å². The van der Waals surface area contributed by atoms with Gasteiger partial charge in [0.05, 0.1) is 18.4 Å². The van der Waals surface area contributed by atoms with E-state index in [1.54, 1.807) is 6.20 Å². The lowest BCUT2D eigenvalue weighted by Crippen LogP contribution is -2.39. The Morgan fingerprint density at radius 1 is 1.21 bits per heavy atom. The topological polar surface area (TPSA) is 82.5 Å². The summed E-state index contributed by atoms with van der Waals surface area (Å²) in [4.78, 5) is 30.4. The van der Waals surface area contributed by atoms with Crippen molar-refractivity contribution in [2.45, 2.75) is 51.2 Å². The van der Waals surface area contributed by atoms with Gasteiger partial charge in [-0.2, -0.15) is 18.3 Å². The van der Waals surface area contributed by atoms with Crippen molar-refractivity contribution in [3.05, 3.63) is 57.1 Å². The molecular weight excluding hydrogens is 447 g/mol. The average molecular weight is 473 g/mol. The van der Waals surface area contributed by atoms with Crippen LogP contribution in [0, 0.1) is 13.8 Å². The molecule has 3 heterocycles. The van der Waals surface area contributed by atoms with Gasteiger partial charge in [0.1, 0.15) is 5.52 Å². The van der Waals surface area contributed by atoms with Crippen LogP contribution < -0.4 is 10.9 Å². The van der Waals surface area contributed by atoms with Gasteiger partial charge in [-0.1, -0.05) is 12.1 Å². The number of nitrogens with one attached hydrogen (secondary N) is 2. The third kappa shape index (κ3) is 4.46. The van der Waals surface area contributed by atoms with Crippen molar-refractivity contribution in [1.82, 2.24) is 24.8 Å². The summed E-state index contributed by atoms with van der Waals surface area (Å²) in [6.45, 7) is 3.42. The molecule has 1 amide bonds.